The molecule has 0 fully saturated rings. The summed E-state index contributed by atoms with van der Waals surface area (Å²) in [6, 6.07) is 18.4. The predicted molar refractivity (Wildman–Crippen MR) is 132 cm³/mol. The molecule has 0 aliphatic rings. The van der Waals surface area contributed by atoms with E-state index < -0.39 is 5.91 Å². The van der Waals surface area contributed by atoms with Crippen LogP contribution in [-0.2, 0) is 11.2 Å². The van der Waals surface area contributed by atoms with Crippen LogP contribution >= 0.6 is 11.6 Å². The molecule has 3 aromatic rings. The Morgan fingerprint density at radius 3 is 2.47 bits per heavy atom. The van der Waals surface area contributed by atoms with Gasteiger partial charge in [0, 0.05) is 22.7 Å². The maximum atomic E-state index is 13.6. The van der Waals surface area contributed by atoms with Crippen molar-refractivity contribution < 1.29 is 18.7 Å². The minimum absolute atomic E-state index is 0.0923. The number of nitrogens with one attached hydrogen (secondary N) is 1. The molecule has 0 aliphatic heterocycles. The molecule has 0 atom stereocenters. The molecule has 3 rings (SSSR count). The summed E-state index contributed by atoms with van der Waals surface area (Å²) in [5.74, 6) is 0.315. The van der Waals surface area contributed by atoms with Crippen molar-refractivity contribution in [3.05, 3.63) is 93.8 Å². The van der Waals surface area contributed by atoms with Gasteiger partial charge >= 0.3 is 0 Å². The number of rotatable bonds is 9. The first kappa shape index (κ1) is 24.8. The van der Waals surface area contributed by atoms with Crippen LogP contribution in [0.3, 0.4) is 0 Å². The van der Waals surface area contributed by atoms with Gasteiger partial charge in [-0.15, -0.1) is 0 Å². The third-order valence-electron chi connectivity index (χ3n) is 4.85. The molecule has 7 heteroatoms. The SMILES string of the molecule is CCOc1ccc(NC(=O)/C(C#N)=C/c2cc(Cl)c(Cc3cccc(F)c3)c(OCC)c2)cc1. The van der Waals surface area contributed by atoms with E-state index in [9.17, 15) is 14.4 Å². The minimum atomic E-state index is -0.551. The lowest BCUT2D eigenvalue weighted by Gasteiger charge is -2.14. The van der Waals surface area contributed by atoms with Gasteiger partial charge in [0.25, 0.3) is 5.91 Å². The lowest BCUT2D eigenvalue weighted by Crippen LogP contribution is -2.13. The lowest BCUT2D eigenvalue weighted by molar-refractivity contribution is -0.112. The van der Waals surface area contributed by atoms with Crippen LogP contribution in [0.5, 0.6) is 11.5 Å². The van der Waals surface area contributed by atoms with Crippen molar-refractivity contribution in [2.24, 2.45) is 0 Å². The summed E-state index contributed by atoms with van der Waals surface area (Å²) in [5.41, 5.74) is 2.43. The molecule has 0 spiro atoms. The molecule has 174 valence electrons. The van der Waals surface area contributed by atoms with Crippen LogP contribution < -0.4 is 14.8 Å². The topological polar surface area (TPSA) is 71.3 Å². The molecule has 1 N–H and O–H groups in total. The number of carbonyl (C=O) groups excluding carboxylic acids is 1. The van der Waals surface area contributed by atoms with E-state index >= 15 is 0 Å². The van der Waals surface area contributed by atoms with Gasteiger partial charge in [-0.1, -0.05) is 23.7 Å². The summed E-state index contributed by atoms with van der Waals surface area (Å²) in [6.07, 6.45) is 1.82. The Morgan fingerprint density at radius 1 is 1.09 bits per heavy atom. The highest BCUT2D eigenvalue weighted by Crippen LogP contribution is 2.32. The maximum Gasteiger partial charge on any atom is 0.266 e. The molecule has 34 heavy (non-hydrogen) atoms. The molecule has 0 heterocycles. The van der Waals surface area contributed by atoms with E-state index in [1.165, 1.54) is 18.2 Å². The number of carbonyl (C=O) groups is 1. The minimum Gasteiger partial charge on any atom is -0.494 e. The Bertz CT molecular complexity index is 1230. The Labute approximate surface area is 203 Å². The van der Waals surface area contributed by atoms with E-state index in [1.807, 2.05) is 26.0 Å². The summed E-state index contributed by atoms with van der Waals surface area (Å²) < 4.78 is 24.8. The summed E-state index contributed by atoms with van der Waals surface area (Å²) in [6.45, 7) is 4.66. The normalized spacial score (nSPS) is 11.0. The molecule has 0 saturated heterocycles. The van der Waals surface area contributed by atoms with Gasteiger partial charge < -0.3 is 14.8 Å². The fraction of sp³-hybridized carbons (Fsp3) is 0.185. The second-order valence-electron chi connectivity index (χ2n) is 7.30. The molecule has 5 nitrogen and oxygen atoms in total. The molecular weight excluding hydrogens is 455 g/mol. The molecule has 0 radical (unpaired) electrons. The average Bonchev–Trinajstić information content (AvgIpc) is 2.81. The summed E-state index contributed by atoms with van der Waals surface area (Å²) >= 11 is 6.54. The summed E-state index contributed by atoms with van der Waals surface area (Å²) in [4.78, 5) is 12.7. The molecular formula is C27H24ClFN2O3. The van der Waals surface area contributed by atoms with Gasteiger partial charge in [-0.3, -0.25) is 4.79 Å². The Balaban J connectivity index is 1.85. The van der Waals surface area contributed by atoms with Crippen LogP contribution in [0.4, 0.5) is 10.1 Å². The molecule has 0 aromatic heterocycles. The second-order valence-corrected chi connectivity index (χ2v) is 7.71. The van der Waals surface area contributed by atoms with Gasteiger partial charge in [0.15, 0.2) is 0 Å². The third-order valence-corrected chi connectivity index (χ3v) is 5.18. The van der Waals surface area contributed by atoms with Crippen LogP contribution in [0, 0.1) is 17.1 Å². The van der Waals surface area contributed by atoms with E-state index in [-0.39, 0.29) is 11.4 Å². The van der Waals surface area contributed by atoms with Crippen molar-refractivity contribution >= 4 is 29.3 Å². The molecule has 1 amide bonds. The molecule has 0 unspecified atom stereocenters. The Morgan fingerprint density at radius 2 is 1.82 bits per heavy atom. The number of halogens is 2. The van der Waals surface area contributed by atoms with Crippen molar-refractivity contribution in [2.75, 3.05) is 18.5 Å². The highest BCUT2D eigenvalue weighted by Gasteiger charge is 2.14. The lowest BCUT2D eigenvalue weighted by atomic mass is 10.0. The first-order chi connectivity index (χ1) is 16.4. The van der Waals surface area contributed by atoms with Gasteiger partial charge in [0.2, 0.25) is 0 Å². The summed E-state index contributed by atoms with van der Waals surface area (Å²) in [7, 11) is 0. The first-order valence-electron chi connectivity index (χ1n) is 10.8. The van der Waals surface area contributed by atoms with Crippen molar-refractivity contribution in [1.29, 1.82) is 5.26 Å². The van der Waals surface area contributed by atoms with E-state index in [0.29, 0.717) is 53.0 Å². The van der Waals surface area contributed by atoms with Gasteiger partial charge in [0.05, 0.1) is 13.2 Å². The van der Waals surface area contributed by atoms with Crippen LogP contribution in [0.1, 0.15) is 30.5 Å². The van der Waals surface area contributed by atoms with Gasteiger partial charge in [-0.05, 0) is 79.6 Å². The number of anilines is 1. The highest BCUT2D eigenvalue weighted by molar-refractivity contribution is 6.31. The van der Waals surface area contributed by atoms with Crippen molar-refractivity contribution in [3.8, 4) is 17.6 Å². The van der Waals surface area contributed by atoms with Gasteiger partial charge in [-0.2, -0.15) is 5.26 Å². The smallest absolute Gasteiger partial charge is 0.266 e. The highest BCUT2D eigenvalue weighted by atomic mass is 35.5. The zero-order valence-electron chi connectivity index (χ0n) is 18.9. The summed E-state index contributed by atoms with van der Waals surface area (Å²) in [5, 5.41) is 12.7. The largest absolute Gasteiger partial charge is 0.494 e. The number of benzene rings is 3. The number of nitrogens with zero attached hydrogens (tertiary/aromatic N) is 1. The predicted octanol–water partition coefficient (Wildman–Crippen LogP) is 6.41. The van der Waals surface area contributed by atoms with Crippen LogP contribution in [0.15, 0.2) is 66.2 Å². The number of ether oxygens (including phenoxy) is 2. The van der Waals surface area contributed by atoms with E-state index in [4.69, 9.17) is 21.1 Å². The molecule has 3 aromatic carbocycles. The second kappa shape index (κ2) is 11.9. The number of nitriles is 1. The fourth-order valence-corrected chi connectivity index (χ4v) is 3.62. The fourth-order valence-electron chi connectivity index (χ4n) is 3.34. The van der Waals surface area contributed by atoms with Crippen molar-refractivity contribution in [2.45, 2.75) is 20.3 Å². The van der Waals surface area contributed by atoms with Crippen molar-refractivity contribution in [3.63, 3.8) is 0 Å². The number of amides is 1. The number of hydrogen-bond donors (Lipinski definition) is 1. The quantitative estimate of drug-likeness (QED) is 0.285. The van der Waals surface area contributed by atoms with Crippen LogP contribution in [-0.4, -0.2) is 19.1 Å². The monoisotopic (exact) mass is 478 g/mol. The van der Waals surface area contributed by atoms with Crippen LogP contribution in [0.2, 0.25) is 5.02 Å². The average molecular weight is 479 g/mol. The first-order valence-corrected chi connectivity index (χ1v) is 11.2. The van der Waals surface area contributed by atoms with Gasteiger partial charge in [-0.25, -0.2) is 4.39 Å². The molecule has 0 bridgehead atoms. The number of hydrogen-bond acceptors (Lipinski definition) is 4. The Kier molecular flexibility index (Phi) is 8.66. The molecule has 0 saturated carbocycles. The zero-order chi connectivity index (χ0) is 24.5. The maximum absolute atomic E-state index is 13.6. The zero-order valence-corrected chi connectivity index (χ0v) is 19.7. The van der Waals surface area contributed by atoms with E-state index in [0.717, 1.165) is 5.56 Å². The Hall–Kier alpha value is -3.82. The van der Waals surface area contributed by atoms with Crippen LogP contribution in [0.25, 0.3) is 6.08 Å². The van der Waals surface area contributed by atoms with Crippen molar-refractivity contribution in [1.82, 2.24) is 0 Å². The van der Waals surface area contributed by atoms with E-state index in [1.54, 1.807) is 42.5 Å². The molecule has 0 aliphatic carbocycles. The third kappa shape index (κ3) is 6.60. The standard InChI is InChI=1S/C27H24ClFN2O3/c1-3-33-23-10-8-22(9-11-23)31-27(32)20(17-30)12-19-15-25(28)24(26(16-19)34-4-2)14-18-6-5-7-21(29)13-18/h5-13,15-16H,3-4,14H2,1-2H3,(H,31,32)/b20-12+. The van der Waals surface area contributed by atoms with E-state index in [2.05, 4.69) is 5.32 Å². The van der Waals surface area contributed by atoms with Gasteiger partial charge in [0.1, 0.15) is 29.0 Å².